The van der Waals surface area contributed by atoms with Gasteiger partial charge in [-0.1, -0.05) is 13.3 Å². The molecule has 1 aromatic heterocycles. The summed E-state index contributed by atoms with van der Waals surface area (Å²) in [5, 5.41) is 8.94. The van der Waals surface area contributed by atoms with Crippen LogP contribution in [0.3, 0.4) is 0 Å². The third kappa shape index (κ3) is 3.35. The minimum absolute atomic E-state index is 0.159. The van der Waals surface area contributed by atoms with Gasteiger partial charge in [-0.15, -0.1) is 0 Å². The van der Waals surface area contributed by atoms with Gasteiger partial charge in [0.05, 0.1) is 13.0 Å². The van der Waals surface area contributed by atoms with Gasteiger partial charge in [0.15, 0.2) is 0 Å². The molecule has 0 spiro atoms. The third-order valence-corrected chi connectivity index (χ3v) is 3.58. The maximum atomic E-state index is 10.9. The van der Waals surface area contributed by atoms with E-state index in [0.717, 1.165) is 50.3 Å². The number of piperidine rings is 1. The number of nitrogens with zero attached hydrogens (tertiary/aromatic N) is 1. The zero-order chi connectivity index (χ0) is 13.0. The van der Waals surface area contributed by atoms with Gasteiger partial charge in [-0.25, -0.2) is 0 Å². The number of carboxylic acids is 1. The Labute approximate surface area is 108 Å². The van der Waals surface area contributed by atoms with Crippen LogP contribution >= 0.6 is 0 Å². The largest absolute Gasteiger partial charge is 0.481 e. The van der Waals surface area contributed by atoms with E-state index >= 15 is 0 Å². The monoisotopic (exact) mass is 251 g/mol. The van der Waals surface area contributed by atoms with Gasteiger partial charge in [0.25, 0.3) is 0 Å². The summed E-state index contributed by atoms with van der Waals surface area (Å²) < 4.78 is 5.70. The molecule has 1 fully saturated rings. The van der Waals surface area contributed by atoms with E-state index in [9.17, 15) is 4.79 Å². The summed E-state index contributed by atoms with van der Waals surface area (Å²) in [4.78, 5) is 13.1. The molecule has 0 aliphatic carbocycles. The lowest BCUT2D eigenvalue weighted by molar-refractivity contribution is -0.138. The molecule has 4 nitrogen and oxygen atoms in total. The first-order chi connectivity index (χ1) is 8.69. The predicted octanol–water partition coefficient (Wildman–Crippen LogP) is 2.67. The van der Waals surface area contributed by atoms with Crippen molar-refractivity contribution in [3.05, 3.63) is 23.7 Å². The number of furan rings is 1. The van der Waals surface area contributed by atoms with Crippen LogP contribution in [0, 0.1) is 0 Å². The van der Waals surface area contributed by atoms with Gasteiger partial charge in [0.1, 0.15) is 11.5 Å². The second kappa shape index (κ2) is 6.05. The van der Waals surface area contributed by atoms with Crippen LogP contribution in [0.5, 0.6) is 0 Å². The molecule has 1 aliphatic heterocycles. The van der Waals surface area contributed by atoms with Crippen molar-refractivity contribution in [1.29, 1.82) is 0 Å². The van der Waals surface area contributed by atoms with Crippen molar-refractivity contribution >= 4 is 5.97 Å². The number of carboxylic acid groups (broad SMARTS) is 1. The Morgan fingerprint density at radius 1 is 1.44 bits per heavy atom. The lowest BCUT2D eigenvalue weighted by Crippen LogP contribution is -2.40. The van der Waals surface area contributed by atoms with E-state index in [1.165, 1.54) is 0 Å². The van der Waals surface area contributed by atoms with Gasteiger partial charge in [-0.3, -0.25) is 9.69 Å². The Bertz CT molecular complexity index is 399. The fourth-order valence-electron chi connectivity index (χ4n) is 2.60. The molecule has 2 heterocycles. The quantitative estimate of drug-likeness (QED) is 0.874. The number of carbonyl (C=O) groups is 1. The van der Waals surface area contributed by atoms with Crippen LogP contribution < -0.4 is 0 Å². The topological polar surface area (TPSA) is 53.7 Å². The van der Waals surface area contributed by atoms with Crippen molar-refractivity contribution in [2.45, 2.75) is 51.6 Å². The normalized spacial score (nSPS) is 21.1. The van der Waals surface area contributed by atoms with Crippen LogP contribution in [0.4, 0.5) is 0 Å². The summed E-state index contributed by atoms with van der Waals surface area (Å²) in [5.41, 5.74) is 0. The first-order valence-corrected chi connectivity index (χ1v) is 6.72. The van der Waals surface area contributed by atoms with Crippen LogP contribution in [0.25, 0.3) is 0 Å². The molecule has 100 valence electrons. The fourth-order valence-corrected chi connectivity index (χ4v) is 2.60. The summed E-state index contributed by atoms with van der Waals surface area (Å²) in [6.07, 6.45) is 4.40. The second-order valence-corrected chi connectivity index (χ2v) is 4.94. The van der Waals surface area contributed by atoms with Crippen molar-refractivity contribution in [3.63, 3.8) is 0 Å². The molecule has 18 heavy (non-hydrogen) atoms. The molecule has 4 heteroatoms. The first-order valence-electron chi connectivity index (χ1n) is 6.72. The van der Waals surface area contributed by atoms with Crippen LogP contribution in [-0.4, -0.2) is 28.6 Å². The smallest absolute Gasteiger partial charge is 0.304 e. The average Bonchev–Trinajstić information content (AvgIpc) is 2.79. The zero-order valence-corrected chi connectivity index (χ0v) is 10.9. The molecule has 2 rings (SSSR count). The van der Waals surface area contributed by atoms with Crippen molar-refractivity contribution in [2.24, 2.45) is 0 Å². The Hall–Kier alpha value is -1.29. The van der Waals surface area contributed by atoms with E-state index in [1.807, 2.05) is 12.1 Å². The lowest BCUT2D eigenvalue weighted by Gasteiger charge is -2.34. The minimum atomic E-state index is -0.708. The molecule has 0 bridgehead atoms. The maximum absolute atomic E-state index is 10.9. The van der Waals surface area contributed by atoms with Crippen molar-refractivity contribution in [1.82, 2.24) is 4.90 Å². The molecule has 1 atom stereocenters. The lowest BCUT2D eigenvalue weighted by atomic mass is 9.99. The molecule has 0 saturated carbocycles. The molecule has 1 N–H and O–H groups in total. The van der Waals surface area contributed by atoms with E-state index in [4.69, 9.17) is 9.52 Å². The second-order valence-electron chi connectivity index (χ2n) is 4.94. The van der Waals surface area contributed by atoms with Crippen LogP contribution in [0.2, 0.25) is 0 Å². The average molecular weight is 251 g/mol. The molecule has 0 radical (unpaired) electrons. The number of aryl methyl sites for hydroxylation is 1. The van der Waals surface area contributed by atoms with Gasteiger partial charge in [0.2, 0.25) is 0 Å². The van der Waals surface area contributed by atoms with E-state index in [-0.39, 0.29) is 12.5 Å². The number of hydrogen-bond acceptors (Lipinski definition) is 3. The van der Waals surface area contributed by atoms with Gasteiger partial charge in [-0.2, -0.15) is 0 Å². The molecule has 1 unspecified atom stereocenters. The number of rotatable bonds is 5. The van der Waals surface area contributed by atoms with Crippen LogP contribution in [0.1, 0.15) is 44.1 Å². The molecule has 1 aromatic rings. The number of aliphatic carboxylic acids is 1. The molecular formula is C14H21NO3. The molecule has 0 aromatic carbocycles. The highest BCUT2D eigenvalue weighted by molar-refractivity contribution is 5.67. The molecular weight excluding hydrogens is 230 g/mol. The van der Waals surface area contributed by atoms with Crippen molar-refractivity contribution < 1.29 is 14.3 Å². The van der Waals surface area contributed by atoms with Crippen molar-refractivity contribution in [2.75, 3.05) is 6.54 Å². The van der Waals surface area contributed by atoms with Crippen LogP contribution in [-0.2, 0) is 17.8 Å². The third-order valence-electron chi connectivity index (χ3n) is 3.58. The summed E-state index contributed by atoms with van der Waals surface area (Å²) >= 11 is 0. The van der Waals surface area contributed by atoms with Crippen LogP contribution in [0.15, 0.2) is 16.5 Å². The van der Waals surface area contributed by atoms with Gasteiger partial charge in [-0.05, 0) is 31.5 Å². The summed E-state index contributed by atoms with van der Waals surface area (Å²) in [6, 6.07) is 4.17. The number of likely N-dealkylation sites (tertiary alicyclic amines) is 1. The Morgan fingerprint density at radius 2 is 2.22 bits per heavy atom. The van der Waals surface area contributed by atoms with Crippen molar-refractivity contribution in [3.8, 4) is 0 Å². The Kier molecular flexibility index (Phi) is 4.42. The highest BCUT2D eigenvalue weighted by atomic mass is 16.4. The maximum Gasteiger partial charge on any atom is 0.304 e. The first kappa shape index (κ1) is 13.1. The predicted molar refractivity (Wildman–Crippen MR) is 68.4 cm³/mol. The minimum Gasteiger partial charge on any atom is -0.481 e. The van der Waals surface area contributed by atoms with Gasteiger partial charge in [0, 0.05) is 12.5 Å². The van der Waals surface area contributed by atoms with Gasteiger partial charge < -0.3 is 9.52 Å². The molecule has 1 aliphatic rings. The summed E-state index contributed by atoms with van der Waals surface area (Å²) in [6.45, 7) is 3.77. The summed E-state index contributed by atoms with van der Waals surface area (Å²) in [5.74, 6) is 1.24. The number of hydrogen-bond donors (Lipinski definition) is 1. The molecule has 1 saturated heterocycles. The Balaban J connectivity index is 1.98. The Morgan fingerprint density at radius 3 is 2.89 bits per heavy atom. The van der Waals surface area contributed by atoms with E-state index in [1.54, 1.807) is 0 Å². The standard InChI is InChI=1S/C14H21NO3/c1-2-12-6-7-13(18-12)10-15-8-4-3-5-11(15)9-14(16)17/h6-7,11H,2-5,8-10H2,1H3,(H,16,17). The van der Waals surface area contributed by atoms with E-state index in [2.05, 4.69) is 11.8 Å². The van der Waals surface area contributed by atoms with E-state index < -0.39 is 5.97 Å². The zero-order valence-electron chi connectivity index (χ0n) is 10.9. The highest BCUT2D eigenvalue weighted by Crippen LogP contribution is 2.22. The fraction of sp³-hybridized carbons (Fsp3) is 0.643. The summed E-state index contributed by atoms with van der Waals surface area (Å²) in [7, 11) is 0. The molecule has 0 amide bonds. The SMILES string of the molecule is CCc1ccc(CN2CCCCC2CC(=O)O)o1. The van der Waals surface area contributed by atoms with Gasteiger partial charge >= 0.3 is 5.97 Å². The highest BCUT2D eigenvalue weighted by Gasteiger charge is 2.25. The van der Waals surface area contributed by atoms with E-state index in [0.29, 0.717) is 0 Å².